The van der Waals surface area contributed by atoms with Crippen LogP contribution < -0.4 is 10.7 Å². The van der Waals surface area contributed by atoms with Gasteiger partial charge in [0.2, 0.25) is 5.91 Å². The van der Waals surface area contributed by atoms with E-state index in [2.05, 4.69) is 20.8 Å². The minimum absolute atomic E-state index is 0.0298. The maximum atomic E-state index is 14.3. The molecule has 0 aliphatic rings. The van der Waals surface area contributed by atoms with Gasteiger partial charge in [0.05, 0.1) is 11.0 Å². The normalized spacial score (nSPS) is 11.2. The van der Waals surface area contributed by atoms with Gasteiger partial charge in [0.1, 0.15) is 18.0 Å². The largest absolute Gasteiger partial charge is 0.331 e. The number of hydrogen-bond acceptors (Lipinski definition) is 5. The SMILES string of the molecule is Cc1nnnn1-c1cc(NC(=O)Cn2c3ccccc3c(=O)c3ccccc32)ccc1F. The highest BCUT2D eigenvalue weighted by Gasteiger charge is 2.15. The highest BCUT2D eigenvalue weighted by Crippen LogP contribution is 2.21. The van der Waals surface area contributed by atoms with Gasteiger partial charge in [-0.3, -0.25) is 9.59 Å². The number of aryl methyl sites for hydroxylation is 1. The van der Waals surface area contributed by atoms with Crippen molar-refractivity contribution >= 4 is 33.4 Å². The zero-order valence-corrected chi connectivity index (χ0v) is 17.0. The van der Waals surface area contributed by atoms with Crippen molar-refractivity contribution in [3.63, 3.8) is 0 Å². The number of amides is 1. The predicted molar refractivity (Wildman–Crippen MR) is 118 cm³/mol. The summed E-state index contributed by atoms with van der Waals surface area (Å²) in [5.74, 6) is -0.427. The Morgan fingerprint density at radius 2 is 1.66 bits per heavy atom. The molecule has 9 heteroatoms. The maximum absolute atomic E-state index is 14.3. The Kier molecular flexibility index (Phi) is 4.70. The number of nitrogens with zero attached hydrogens (tertiary/aromatic N) is 5. The van der Waals surface area contributed by atoms with Crippen molar-refractivity contribution in [1.82, 2.24) is 24.8 Å². The molecule has 5 rings (SSSR count). The molecule has 8 nitrogen and oxygen atoms in total. The molecule has 0 saturated heterocycles. The smallest absolute Gasteiger partial charge is 0.244 e. The Balaban J connectivity index is 1.52. The third kappa shape index (κ3) is 3.29. The second-order valence-electron chi connectivity index (χ2n) is 7.30. The number of halogens is 1. The van der Waals surface area contributed by atoms with Crippen LogP contribution in [0.2, 0.25) is 0 Å². The van der Waals surface area contributed by atoms with E-state index < -0.39 is 5.82 Å². The van der Waals surface area contributed by atoms with E-state index in [1.54, 1.807) is 35.8 Å². The second-order valence-corrected chi connectivity index (χ2v) is 7.30. The van der Waals surface area contributed by atoms with Crippen LogP contribution in [-0.2, 0) is 11.3 Å². The van der Waals surface area contributed by atoms with Crippen molar-refractivity contribution in [3.8, 4) is 5.69 Å². The van der Waals surface area contributed by atoms with Gasteiger partial charge in [-0.15, -0.1) is 5.10 Å². The summed E-state index contributed by atoms with van der Waals surface area (Å²) in [6, 6.07) is 18.6. The van der Waals surface area contributed by atoms with Gasteiger partial charge in [0.25, 0.3) is 0 Å². The van der Waals surface area contributed by atoms with Crippen LogP contribution in [0.1, 0.15) is 5.82 Å². The molecular weight excluding hydrogens is 411 g/mol. The van der Waals surface area contributed by atoms with Crippen LogP contribution >= 0.6 is 0 Å². The van der Waals surface area contributed by atoms with Gasteiger partial charge in [-0.2, -0.15) is 4.68 Å². The Morgan fingerprint density at radius 1 is 1.00 bits per heavy atom. The Morgan fingerprint density at radius 3 is 2.28 bits per heavy atom. The number of nitrogens with one attached hydrogen (secondary N) is 1. The molecule has 0 saturated carbocycles. The molecule has 0 radical (unpaired) electrons. The number of fused-ring (bicyclic) bond motifs is 2. The fraction of sp³-hybridized carbons (Fsp3) is 0.0870. The first-order valence-electron chi connectivity index (χ1n) is 9.88. The molecular formula is C23H17FN6O2. The molecule has 3 aromatic carbocycles. The summed E-state index contributed by atoms with van der Waals surface area (Å²) in [5.41, 5.74) is 1.78. The van der Waals surface area contributed by atoms with Gasteiger partial charge in [-0.25, -0.2) is 4.39 Å². The number of carbonyl (C=O) groups is 1. The van der Waals surface area contributed by atoms with Crippen molar-refractivity contribution < 1.29 is 9.18 Å². The van der Waals surface area contributed by atoms with Crippen molar-refractivity contribution in [2.75, 3.05) is 5.32 Å². The third-order valence-corrected chi connectivity index (χ3v) is 5.26. The summed E-state index contributed by atoms with van der Waals surface area (Å²) < 4.78 is 17.4. The highest BCUT2D eigenvalue weighted by atomic mass is 19.1. The quantitative estimate of drug-likeness (QED) is 0.444. The Labute approximate surface area is 180 Å². The number of rotatable bonds is 4. The molecule has 2 heterocycles. The number of benzene rings is 3. The minimum Gasteiger partial charge on any atom is -0.331 e. The van der Waals surface area contributed by atoms with Gasteiger partial charge in [0.15, 0.2) is 11.3 Å². The molecule has 0 fully saturated rings. The first-order valence-corrected chi connectivity index (χ1v) is 9.88. The van der Waals surface area contributed by atoms with E-state index in [1.165, 1.54) is 22.9 Å². The number of hydrogen-bond donors (Lipinski definition) is 1. The molecule has 1 N–H and O–H groups in total. The van der Waals surface area contributed by atoms with Gasteiger partial charge < -0.3 is 9.88 Å². The number of carbonyl (C=O) groups excluding carboxylic acids is 1. The summed E-state index contributed by atoms with van der Waals surface area (Å²) in [7, 11) is 0. The molecule has 0 atom stereocenters. The van der Waals surface area contributed by atoms with Gasteiger partial charge in [0, 0.05) is 16.5 Å². The lowest BCUT2D eigenvalue weighted by Crippen LogP contribution is -2.21. The van der Waals surface area contributed by atoms with Crippen LogP contribution in [0.4, 0.5) is 10.1 Å². The number of aromatic nitrogens is 5. The van der Waals surface area contributed by atoms with E-state index in [4.69, 9.17) is 0 Å². The molecule has 0 aliphatic carbocycles. The average molecular weight is 428 g/mol. The third-order valence-electron chi connectivity index (χ3n) is 5.26. The van der Waals surface area contributed by atoms with Gasteiger partial charge in [-0.05, 0) is 59.8 Å². The van der Waals surface area contributed by atoms with E-state index in [0.717, 1.165) is 0 Å². The lowest BCUT2D eigenvalue weighted by Gasteiger charge is -2.15. The van der Waals surface area contributed by atoms with Crippen molar-refractivity contribution in [3.05, 3.63) is 88.6 Å². The van der Waals surface area contributed by atoms with Gasteiger partial charge in [-0.1, -0.05) is 24.3 Å². The number of anilines is 1. The summed E-state index contributed by atoms with van der Waals surface area (Å²) in [6.07, 6.45) is 0. The molecule has 0 bridgehead atoms. The summed E-state index contributed by atoms with van der Waals surface area (Å²) >= 11 is 0. The lowest BCUT2D eigenvalue weighted by molar-refractivity contribution is -0.116. The fourth-order valence-corrected chi connectivity index (χ4v) is 3.80. The van der Waals surface area contributed by atoms with Crippen LogP contribution in [0.5, 0.6) is 0 Å². The molecule has 0 aliphatic heterocycles. The fourth-order valence-electron chi connectivity index (χ4n) is 3.80. The average Bonchev–Trinajstić information content (AvgIpc) is 3.23. The van der Waals surface area contributed by atoms with Crippen LogP contribution in [0.3, 0.4) is 0 Å². The minimum atomic E-state index is -0.518. The van der Waals surface area contributed by atoms with Crippen molar-refractivity contribution in [2.45, 2.75) is 13.5 Å². The number of para-hydroxylation sites is 2. The Hall–Kier alpha value is -4.40. The molecule has 0 spiro atoms. The van der Waals surface area contributed by atoms with Crippen LogP contribution in [0, 0.1) is 12.7 Å². The molecule has 2 aromatic heterocycles. The van der Waals surface area contributed by atoms with E-state index in [1.807, 2.05) is 24.3 Å². The molecule has 5 aromatic rings. The van der Waals surface area contributed by atoms with Crippen LogP contribution in [-0.4, -0.2) is 30.7 Å². The molecule has 32 heavy (non-hydrogen) atoms. The number of tetrazole rings is 1. The second kappa shape index (κ2) is 7.69. The first kappa shape index (κ1) is 19.6. The summed E-state index contributed by atoms with van der Waals surface area (Å²) in [4.78, 5) is 25.8. The molecule has 1 amide bonds. The summed E-state index contributed by atoms with van der Waals surface area (Å²) in [5, 5.41) is 15.0. The van der Waals surface area contributed by atoms with Gasteiger partial charge >= 0.3 is 0 Å². The standard InChI is InChI=1S/C23H17FN6O2/c1-14-26-27-28-30(14)21-12-15(10-11-18(21)24)25-22(31)13-29-19-8-4-2-6-16(19)23(32)17-7-3-5-9-20(17)29/h2-12H,13H2,1H3,(H,25,31). The van der Waals surface area contributed by atoms with E-state index in [0.29, 0.717) is 33.3 Å². The molecule has 0 unspecified atom stereocenters. The topological polar surface area (TPSA) is 94.7 Å². The summed E-state index contributed by atoms with van der Waals surface area (Å²) in [6.45, 7) is 1.62. The Bertz CT molecular complexity index is 1500. The van der Waals surface area contributed by atoms with E-state index in [9.17, 15) is 14.0 Å². The monoisotopic (exact) mass is 428 g/mol. The molecule has 158 valence electrons. The highest BCUT2D eigenvalue weighted by molar-refractivity contribution is 5.97. The maximum Gasteiger partial charge on any atom is 0.244 e. The zero-order chi connectivity index (χ0) is 22.2. The lowest BCUT2D eigenvalue weighted by atomic mass is 10.1. The van der Waals surface area contributed by atoms with Crippen LogP contribution in [0.15, 0.2) is 71.5 Å². The first-order chi connectivity index (χ1) is 15.5. The van der Waals surface area contributed by atoms with Crippen LogP contribution in [0.25, 0.3) is 27.5 Å². The zero-order valence-electron chi connectivity index (χ0n) is 17.0. The number of pyridine rings is 1. The van der Waals surface area contributed by atoms with E-state index >= 15 is 0 Å². The predicted octanol–water partition coefficient (Wildman–Crippen LogP) is 3.22. The van der Waals surface area contributed by atoms with E-state index in [-0.39, 0.29) is 23.6 Å². The van der Waals surface area contributed by atoms with Crippen molar-refractivity contribution in [2.24, 2.45) is 0 Å². The van der Waals surface area contributed by atoms with Crippen molar-refractivity contribution in [1.29, 1.82) is 0 Å².